The van der Waals surface area contributed by atoms with Crippen LogP contribution in [0.25, 0.3) is 0 Å². The Balaban J connectivity index is 2.13. The zero-order valence-electron chi connectivity index (χ0n) is 13.9. The average molecular weight is 414 g/mol. The third-order valence-electron chi connectivity index (χ3n) is 4.78. The first kappa shape index (κ1) is 19.2. The minimum atomic E-state index is -3.80. The summed E-state index contributed by atoms with van der Waals surface area (Å²) in [5.74, 6) is -1.04. The monoisotopic (exact) mass is 413 g/mol. The predicted molar refractivity (Wildman–Crippen MR) is 103 cm³/mol. The molecule has 0 bridgehead atoms. The van der Waals surface area contributed by atoms with Crippen LogP contribution in [0.3, 0.4) is 0 Å². The van der Waals surface area contributed by atoms with Gasteiger partial charge in [-0.2, -0.15) is 0 Å². The molecule has 2 N–H and O–H groups in total. The fraction of sp³-hybridized carbons (Fsp3) is 0.278. The molecular formula is C18H17ClFNO3S2. The van der Waals surface area contributed by atoms with Crippen LogP contribution in [0.5, 0.6) is 0 Å². The lowest BCUT2D eigenvalue weighted by atomic mass is 10.00. The van der Waals surface area contributed by atoms with E-state index in [1.165, 1.54) is 49.6 Å². The highest BCUT2D eigenvalue weighted by Gasteiger charge is 2.73. The molecule has 3 atom stereocenters. The van der Waals surface area contributed by atoms with E-state index < -0.39 is 32.2 Å². The molecule has 1 fully saturated rings. The van der Waals surface area contributed by atoms with Crippen LogP contribution in [-0.4, -0.2) is 32.4 Å². The Morgan fingerprint density at radius 3 is 2.50 bits per heavy atom. The molecule has 0 heterocycles. The Hall–Kier alpha value is -1.54. The largest absolute Gasteiger partial charge is 0.393 e. The molecular weight excluding hydrogens is 397 g/mol. The van der Waals surface area contributed by atoms with Gasteiger partial charge in [-0.25, -0.2) is 12.8 Å². The van der Waals surface area contributed by atoms with Gasteiger partial charge in [-0.15, -0.1) is 0 Å². The van der Waals surface area contributed by atoms with Gasteiger partial charge in [-0.1, -0.05) is 36.0 Å². The lowest BCUT2D eigenvalue weighted by molar-refractivity contribution is 0.166. The first-order valence-electron chi connectivity index (χ1n) is 7.79. The van der Waals surface area contributed by atoms with Crippen LogP contribution < -0.4 is 5.73 Å². The fourth-order valence-electron chi connectivity index (χ4n) is 3.58. The summed E-state index contributed by atoms with van der Waals surface area (Å²) in [5.41, 5.74) is 5.38. The molecule has 8 heteroatoms. The minimum absolute atomic E-state index is 0.0288. The fourth-order valence-corrected chi connectivity index (χ4v) is 6.48. The summed E-state index contributed by atoms with van der Waals surface area (Å²) in [7, 11) is -2.34. The van der Waals surface area contributed by atoms with Gasteiger partial charge in [0.05, 0.1) is 27.2 Å². The van der Waals surface area contributed by atoms with Crippen LogP contribution in [0.1, 0.15) is 11.5 Å². The van der Waals surface area contributed by atoms with E-state index in [2.05, 4.69) is 0 Å². The number of hydrogen-bond donors (Lipinski definition) is 1. The molecule has 1 aliphatic rings. The maximum Gasteiger partial charge on any atom is 0.182 e. The van der Waals surface area contributed by atoms with Crippen molar-refractivity contribution in [3.8, 4) is 0 Å². The molecule has 0 amide bonds. The van der Waals surface area contributed by atoms with E-state index in [4.69, 9.17) is 34.3 Å². The lowest BCUT2D eigenvalue weighted by Gasteiger charge is -2.16. The average Bonchev–Trinajstić information content (AvgIpc) is 3.27. The highest BCUT2D eigenvalue weighted by Crippen LogP contribution is 2.64. The topological polar surface area (TPSA) is 69.4 Å². The summed E-state index contributed by atoms with van der Waals surface area (Å²) >= 11 is 11.1. The molecule has 0 unspecified atom stereocenters. The summed E-state index contributed by atoms with van der Waals surface area (Å²) < 4.78 is 45.5. The van der Waals surface area contributed by atoms with Crippen LogP contribution in [0.15, 0.2) is 53.4 Å². The Bertz CT molecular complexity index is 949. The summed E-state index contributed by atoms with van der Waals surface area (Å²) in [6, 6.07) is 11.7. The van der Waals surface area contributed by atoms with Crippen molar-refractivity contribution in [2.24, 2.45) is 11.1 Å². The van der Waals surface area contributed by atoms with Crippen LogP contribution in [-0.2, 0) is 14.6 Å². The van der Waals surface area contributed by atoms with E-state index in [0.717, 1.165) is 0 Å². The van der Waals surface area contributed by atoms with Crippen molar-refractivity contribution in [2.75, 3.05) is 13.7 Å². The first-order valence-corrected chi connectivity index (χ1v) is 10.1. The van der Waals surface area contributed by atoms with Crippen molar-refractivity contribution in [1.29, 1.82) is 0 Å². The van der Waals surface area contributed by atoms with Gasteiger partial charge in [0.15, 0.2) is 9.84 Å². The van der Waals surface area contributed by atoms with Crippen LogP contribution in [0, 0.1) is 11.2 Å². The summed E-state index contributed by atoms with van der Waals surface area (Å²) in [4.78, 5) is 0.152. The second-order valence-electron chi connectivity index (χ2n) is 6.29. The molecule has 26 heavy (non-hydrogen) atoms. The summed E-state index contributed by atoms with van der Waals surface area (Å²) in [5, 5.41) is -0.505. The number of benzene rings is 2. The SMILES string of the molecule is COC[C@]1(C(N)=S)[C@H](c2cccc(F)c2)[C@@H]1S(=O)(=O)c1ccc(Cl)cc1. The number of thiocarbonyl (C=S) groups is 1. The standard InChI is InChI=1S/C18H17ClFNO3S2/c1-24-10-18(17(21)25)15(11-3-2-4-13(20)9-11)16(18)26(22,23)14-7-5-12(19)6-8-14/h2-9,15-16H,10H2,1H3,(H2,21,25)/t15-,16+,18+/m1/s1. The summed E-state index contributed by atoms with van der Waals surface area (Å²) in [6.45, 7) is 0.0288. The van der Waals surface area contributed by atoms with E-state index in [1.54, 1.807) is 6.07 Å². The molecule has 3 rings (SSSR count). The van der Waals surface area contributed by atoms with Crippen LogP contribution in [0.4, 0.5) is 4.39 Å². The molecule has 0 aromatic heterocycles. The van der Waals surface area contributed by atoms with Crippen molar-refractivity contribution in [3.05, 3.63) is 64.9 Å². The number of nitrogens with two attached hydrogens (primary N) is 1. The van der Waals surface area contributed by atoms with Crippen LogP contribution in [0.2, 0.25) is 5.02 Å². The number of methoxy groups -OCH3 is 1. The Kier molecular flexibility index (Phi) is 5.09. The van der Waals surface area contributed by atoms with E-state index >= 15 is 0 Å². The molecule has 0 spiro atoms. The normalized spacial score (nSPS) is 25.0. The lowest BCUT2D eigenvalue weighted by Crippen LogP contribution is -2.33. The molecule has 0 radical (unpaired) electrons. The zero-order chi connectivity index (χ0) is 19.1. The zero-order valence-corrected chi connectivity index (χ0v) is 16.2. The van der Waals surface area contributed by atoms with Gasteiger partial charge in [0.1, 0.15) is 5.82 Å². The van der Waals surface area contributed by atoms with Crippen molar-refractivity contribution < 1.29 is 17.5 Å². The minimum Gasteiger partial charge on any atom is -0.393 e. The molecule has 1 aliphatic carbocycles. The molecule has 0 saturated heterocycles. The number of rotatable bonds is 6. The van der Waals surface area contributed by atoms with Gasteiger partial charge in [0.25, 0.3) is 0 Å². The van der Waals surface area contributed by atoms with Crippen molar-refractivity contribution in [2.45, 2.75) is 16.1 Å². The quantitative estimate of drug-likeness (QED) is 0.735. The number of sulfone groups is 1. The Morgan fingerprint density at radius 2 is 1.96 bits per heavy atom. The maximum atomic E-state index is 13.7. The van der Waals surface area contributed by atoms with E-state index in [9.17, 15) is 12.8 Å². The molecule has 2 aromatic carbocycles. The smallest absolute Gasteiger partial charge is 0.182 e. The number of ether oxygens (including phenoxy) is 1. The molecule has 0 aliphatic heterocycles. The predicted octanol–water partition coefficient (Wildman–Crippen LogP) is 3.34. The van der Waals surface area contributed by atoms with E-state index in [1.807, 2.05) is 0 Å². The van der Waals surface area contributed by atoms with Gasteiger partial charge in [-0.05, 0) is 42.0 Å². The van der Waals surface area contributed by atoms with E-state index in [-0.39, 0.29) is 16.5 Å². The number of hydrogen-bond acceptors (Lipinski definition) is 4. The molecule has 1 saturated carbocycles. The molecule has 2 aromatic rings. The second kappa shape index (κ2) is 6.88. The highest BCUT2D eigenvalue weighted by atomic mass is 35.5. The van der Waals surface area contributed by atoms with Gasteiger partial charge in [0.2, 0.25) is 0 Å². The van der Waals surface area contributed by atoms with Gasteiger partial charge in [-0.3, -0.25) is 0 Å². The Labute approximate surface area is 162 Å². The second-order valence-corrected chi connectivity index (χ2v) is 9.24. The summed E-state index contributed by atoms with van der Waals surface area (Å²) in [6.07, 6.45) is 0. The van der Waals surface area contributed by atoms with Gasteiger partial charge >= 0.3 is 0 Å². The van der Waals surface area contributed by atoms with Crippen molar-refractivity contribution in [3.63, 3.8) is 0 Å². The van der Waals surface area contributed by atoms with Crippen molar-refractivity contribution in [1.82, 2.24) is 0 Å². The van der Waals surface area contributed by atoms with Gasteiger partial charge < -0.3 is 10.5 Å². The number of halogens is 2. The highest BCUT2D eigenvalue weighted by molar-refractivity contribution is 7.92. The first-order chi connectivity index (χ1) is 12.2. The maximum absolute atomic E-state index is 13.7. The van der Waals surface area contributed by atoms with Crippen molar-refractivity contribution >= 4 is 38.6 Å². The van der Waals surface area contributed by atoms with E-state index in [0.29, 0.717) is 10.6 Å². The molecule has 138 valence electrons. The van der Waals surface area contributed by atoms with Gasteiger partial charge in [0, 0.05) is 18.1 Å². The van der Waals surface area contributed by atoms with Crippen LogP contribution >= 0.6 is 23.8 Å². The molecule has 4 nitrogen and oxygen atoms in total. The Morgan fingerprint density at radius 1 is 1.31 bits per heavy atom. The third-order valence-corrected chi connectivity index (χ3v) is 7.71. The third kappa shape index (κ3) is 3.03.